The highest BCUT2D eigenvalue weighted by Crippen LogP contribution is 2.48. The monoisotopic (exact) mass is 396 g/mol. The van der Waals surface area contributed by atoms with Gasteiger partial charge in [-0.3, -0.25) is 9.59 Å². The molecule has 2 aromatic carbocycles. The highest BCUT2D eigenvalue weighted by Gasteiger charge is 2.57. The Bertz CT molecular complexity index is 908. The second kappa shape index (κ2) is 6.88. The summed E-state index contributed by atoms with van der Waals surface area (Å²) in [6.45, 7) is 1.80. The average molecular weight is 397 g/mol. The lowest BCUT2D eigenvalue weighted by molar-refractivity contribution is -0.137. The van der Waals surface area contributed by atoms with E-state index in [0.717, 1.165) is 17.7 Å². The van der Waals surface area contributed by atoms with Gasteiger partial charge < -0.3 is 10.6 Å². The van der Waals surface area contributed by atoms with Gasteiger partial charge in [-0.1, -0.05) is 29.8 Å². The molecule has 1 aliphatic rings. The second-order valence-electron chi connectivity index (χ2n) is 6.49. The van der Waals surface area contributed by atoms with Crippen molar-refractivity contribution < 1.29 is 22.8 Å². The number of carbonyl (C=O) groups is 2. The summed E-state index contributed by atoms with van der Waals surface area (Å²) in [6, 6.07) is 10.1. The van der Waals surface area contributed by atoms with Gasteiger partial charge >= 0.3 is 6.18 Å². The molecular weight excluding hydrogens is 381 g/mol. The number of para-hydroxylation sites is 1. The lowest BCUT2D eigenvalue weighted by Gasteiger charge is -2.19. The summed E-state index contributed by atoms with van der Waals surface area (Å²) in [5.74, 6) is -1.29. The van der Waals surface area contributed by atoms with E-state index >= 15 is 0 Å². The van der Waals surface area contributed by atoms with Crippen LogP contribution in [0.15, 0.2) is 42.5 Å². The van der Waals surface area contributed by atoms with Crippen molar-refractivity contribution in [2.24, 2.45) is 5.41 Å². The third-order valence-electron chi connectivity index (χ3n) is 4.55. The number of halogens is 4. The largest absolute Gasteiger partial charge is 0.418 e. The number of aryl methyl sites for hydroxylation is 1. The summed E-state index contributed by atoms with van der Waals surface area (Å²) in [7, 11) is 0. The lowest BCUT2D eigenvalue weighted by Crippen LogP contribution is -2.36. The number of amides is 2. The number of alkyl halides is 3. The van der Waals surface area contributed by atoms with Crippen LogP contribution < -0.4 is 10.6 Å². The predicted octanol–water partition coefficient (Wildman–Crippen LogP) is 5.02. The van der Waals surface area contributed by atoms with Crippen LogP contribution in [0, 0.1) is 12.3 Å². The number of anilines is 2. The van der Waals surface area contributed by atoms with Crippen LogP contribution >= 0.6 is 11.6 Å². The van der Waals surface area contributed by atoms with E-state index in [1.54, 1.807) is 25.1 Å². The van der Waals surface area contributed by atoms with E-state index in [9.17, 15) is 22.8 Å². The van der Waals surface area contributed by atoms with Crippen LogP contribution in [0.3, 0.4) is 0 Å². The Morgan fingerprint density at radius 1 is 1.00 bits per heavy atom. The van der Waals surface area contributed by atoms with Gasteiger partial charge in [-0.25, -0.2) is 0 Å². The maximum absolute atomic E-state index is 13.2. The number of carbonyl (C=O) groups excluding carboxylic acids is 2. The summed E-state index contributed by atoms with van der Waals surface area (Å²) < 4.78 is 39.6. The fourth-order valence-electron chi connectivity index (χ4n) is 2.74. The molecule has 0 aliphatic heterocycles. The van der Waals surface area contributed by atoms with Crippen molar-refractivity contribution in [3.63, 3.8) is 0 Å². The minimum Gasteiger partial charge on any atom is -0.325 e. The van der Waals surface area contributed by atoms with E-state index in [-0.39, 0.29) is 17.9 Å². The van der Waals surface area contributed by atoms with Crippen molar-refractivity contribution in [3.8, 4) is 0 Å². The first-order valence-corrected chi connectivity index (χ1v) is 8.56. The molecule has 2 aromatic rings. The Balaban J connectivity index is 1.80. The molecule has 3 rings (SSSR count). The third kappa shape index (κ3) is 3.93. The lowest BCUT2D eigenvalue weighted by atomic mass is 10.0. The van der Waals surface area contributed by atoms with Crippen molar-refractivity contribution in [3.05, 3.63) is 58.6 Å². The van der Waals surface area contributed by atoms with Gasteiger partial charge in [0.1, 0.15) is 5.41 Å². The molecule has 0 aromatic heterocycles. The van der Waals surface area contributed by atoms with Crippen molar-refractivity contribution in [2.45, 2.75) is 25.9 Å². The zero-order valence-electron chi connectivity index (χ0n) is 14.3. The molecule has 0 heterocycles. The normalized spacial score (nSPS) is 15.1. The molecule has 1 saturated carbocycles. The van der Waals surface area contributed by atoms with E-state index in [4.69, 9.17) is 11.6 Å². The van der Waals surface area contributed by atoms with E-state index in [1.165, 1.54) is 6.07 Å². The van der Waals surface area contributed by atoms with Gasteiger partial charge in [-0.05, 0) is 49.6 Å². The van der Waals surface area contributed by atoms with Gasteiger partial charge in [-0.2, -0.15) is 13.2 Å². The maximum Gasteiger partial charge on any atom is 0.418 e. The van der Waals surface area contributed by atoms with Crippen LogP contribution in [-0.2, 0) is 15.8 Å². The van der Waals surface area contributed by atoms with E-state index in [2.05, 4.69) is 10.6 Å². The summed E-state index contributed by atoms with van der Waals surface area (Å²) in [4.78, 5) is 25.2. The molecule has 1 aliphatic carbocycles. The fraction of sp³-hybridized carbons (Fsp3) is 0.263. The van der Waals surface area contributed by atoms with Crippen LogP contribution in [0.2, 0.25) is 5.02 Å². The van der Waals surface area contributed by atoms with Crippen LogP contribution in [0.5, 0.6) is 0 Å². The molecule has 0 atom stereocenters. The number of hydrogen-bond acceptors (Lipinski definition) is 2. The van der Waals surface area contributed by atoms with Crippen LogP contribution in [0.1, 0.15) is 24.0 Å². The van der Waals surface area contributed by atoms with Crippen LogP contribution in [0.25, 0.3) is 0 Å². The van der Waals surface area contributed by atoms with Gasteiger partial charge in [0.2, 0.25) is 11.8 Å². The summed E-state index contributed by atoms with van der Waals surface area (Å²) >= 11 is 5.64. The van der Waals surface area contributed by atoms with Gasteiger partial charge in [0.25, 0.3) is 0 Å². The first kappa shape index (κ1) is 19.2. The molecule has 0 spiro atoms. The molecule has 0 saturated heterocycles. The summed E-state index contributed by atoms with van der Waals surface area (Å²) in [5, 5.41) is 4.84. The van der Waals surface area contributed by atoms with Crippen LogP contribution in [0.4, 0.5) is 24.5 Å². The average Bonchev–Trinajstić information content (AvgIpc) is 3.39. The zero-order chi connectivity index (χ0) is 19.8. The number of benzene rings is 2. The fourth-order valence-corrected chi connectivity index (χ4v) is 2.91. The first-order chi connectivity index (χ1) is 12.6. The highest BCUT2D eigenvalue weighted by molar-refractivity contribution is 6.30. The molecular formula is C19H16ClF3N2O2. The van der Waals surface area contributed by atoms with E-state index < -0.39 is 34.7 Å². The Kier molecular flexibility index (Phi) is 4.90. The first-order valence-electron chi connectivity index (χ1n) is 8.19. The molecule has 0 bridgehead atoms. The predicted molar refractivity (Wildman–Crippen MR) is 96.6 cm³/mol. The molecule has 2 N–H and O–H groups in total. The van der Waals surface area contributed by atoms with Crippen LogP contribution in [-0.4, -0.2) is 11.8 Å². The van der Waals surface area contributed by atoms with Crippen molar-refractivity contribution in [2.75, 3.05) is 10.6 Å². The van der Waals surface area contributed by atoms with Crippen molar-refractivity contribution in [1.82, 2.24) is 0 Å². The van der Waals surface area contributed by atoms with Gasteiger partial charge in [-0.15, -0.1) is 0 Å². The second-order valence-corrected chi connectivity index (χ2v) is 6.93. The number of nitrogens with one attached hydrogen (secondary N) is 2. The SMILES string of the molecule is Cc1ccccc1NC(=O)C1(C(=O)Nc2ccc(Cl)cc2C(F)(F)F)CC1. The Morgan fingerprint density at radius 2 is 1.59 bits per heavy atom. The minimum atomic E-state index is -4.69. The van der Waals surface area contributed by atoms with Crippen molar-refractivity contribution >= 4 is 34.8 Å². The molecule has 0 radical (unpaired) electrons. The van der Waals surface area contributed by atoms with Gasteiger partial charge in [0.05, 0.1) is 11.3 Å². The molecule has 2 amide bonds. The number of rotatable bonds is 4. The smallest absolute Gasteiger partial charge is 0.325 e. The molecule has 142 valence electrons. The summed E-state index contributed by atoms with van der Waals surface area (Å²) in [6.07, 6.45) is -4.15. The quantitative estimate of drug-likeness (QED) is 0.712. The highest BCUT2D eigenvalue weighted by atomic mass is 35.5. The van der Waals surface area contributed by atoms with Crippen molar-refractivity contribution in [1.29, 1.82) is 0 Å². The Morgan fingerprint density at radius 3 is 2.15 bits per heavy atom. The maximum atomic E-state index is 13.2. The third-order valence-corrected chi connectivity index (χ3v) is 4.78. The molecule has 4 nitrogen and oxygen atoms in total. The Hall–Kier alpha value is -2.54. The topological polar surface area (TPSA) is 58.2 Å². The molecule has 0 unspecified atom stereocenters. The zero-order valence-corrected chi connectivity index (χ0v) is 15.0. The number of hydrogen-bond donors (Lipinski definition) is 2. The summed E-state index contributed by atoms with van der Waals surface area (Å²) in [5.41, 5.74) is -1.47. The van der Waals surface area contributed by atoms with Gasteiger partial charge in [0, 0.05) is 10.7 Å². The van der Waals surface area contributed by atoms with E-state index in [1.807, 2.05) is 6.07 Å². The Labute approximate surface area is 158 Å². The molecule has 1 fully saturated rings. The molecule has 8 heteroatoms. The molecule has 27 heavy (non-hydrogen) atoms. The van der Waals surface area contributed by atoms with E-state index in [0.29, 0.717) is 5.69 Å². The standard InChI is InChI=1S/C19H16ClF3N2O2/c1-11-4-2-3-5-14(11)24-16(26)18(8-9-18)17(27)25-15-7-6-12(20)10-13(15)19(21,22)23/h2-7,10H,8-9H2,1H3,(H,24,26)(H,25,27). The minimum absolute atomic E-state index is 0.0984. The van der Waals surface area contributed by atoms with Gasteiger partial charge in [0.15, 0.2) is 0 Å².